The Kier molecular flexibility index (Phi) is 7.39. The van der Waals surface area contributed by atoms with Crippen LogP contribution in [0.25, 0.3) is 80.7 Å². The van der Waals surface area contributed by atoms with Crippen LogP contribution < -0.4 is 4.90 Å². The molecule has 11 rings (SSSR count). The maximum absolute atomic E-state index is 2.42. The van der Waals surface area contributed by atoms with E-state index in [2.05, 4.69) is 216 Å². The van der Waals surface area contributed by atoms with E-state index < -0.39 is 0 Å². The quantitative estimate of drug-likeness (QED) is 0.166. The maximum Gasteiger partial charge on any atom is 0.0542 e. The van der Waals surface area contributed by atoms with Crippen LogP contribution in [0.3, 0.4) is 0 Å². The molecule has 0 spiro atoms. The Balaban J connectivity index is 1.09. The summed E-state index contributed by atoms with van der Waals surface area (Å²) in [6.07, 6.45) is 0. The third-order valence-corrected chi connectivity index (χ3v) is 12.1. The van der Waals surface area contributed by atoms with E-state index in [0.717, 1.165) is 22.7 Å². The van der Waals surface area contributed by atoms with Gasteiger partial charge in [-0.2, -0.15) is 0 Å². The number of rotatable bonds is 6. The summed E-state index contributed by atoms with van der Waals surface area (Å²) in [6.45, 7) is 0. The van der Waals surface area contributed by atoms with Gasteiger partial charge in [0.2, 0.25) is 0 Å². The predicted molar refractivity (Wildman–Crippen MR) is 237 cm³/mol. The van der Waals surface area contributed by atoms with Crippen molar-refractivity contribution >= 4 is 81.1 Å². The van der Waals surface area contributed by atoms with Gasteiger partial charge in [0.1, 0.15) is 0 Å². The summed E-state index contributed by atoms with van der Waals surface area (Å²) in [5.41, 5.74) is 11.7. The Morgan fingerprint density at radius 2 is 0.891 bits per heavy atom. The van der Waals surface area contributed by atoms with Crippen LogP contribution in [-0.4, -0.2) is 4.57 Å². The predicted octanol–water partition coefficient (Wildman–Crippen LogP) is 15.1. The van der Waals surface area contributed by atoms with E-state index in [1.807, 2.05) is 11.3 Å². The van der Waals surface area contributed by atoms with Gasteiger partial charge in [-0.25, -0.2) is 0 Å². The third kappa shape index (κ3) is 5.40. The van der Waals surface area contributed by atoms with E-state index in [0.29, 0.717) is 0 Å². The normalized spacial score (nSPS) is 11.6. The van der Waals surface area contributed by atoms with Crippen molar-refractivity contribution in [2.24, 2.45) is 0 Å². The van der Waals surface area contributed by atoms with E-state index in [1.165, 1.54) is 75.0 Å². The topological polar surface area (TPSA) is 8.17 Å². The molecule has 9 aromatic carbocycles. The molecule has 0 aliphatic rings. The second kappa shape index (κ2) is 12.9. The molecule has 2 nitrogen and oxygen atoms in total. The molecule has 0 radical (unpaired) electrons. The van der Waals surface area contributed by atoms with Crippen LogP contribution >= 0.6 is 11.3 Å². The van der Waals surface area contributed by atoms with Crippen molar-refractivity contribution in [3.05, 3.63) is 206 Å². The molecule has 0 aliphatic carbocycles. The molecule has 0 bridgehead atoms. The van der Waals surface area contributed by atoms with E-state index in [1.54, 1.807) is 0 Å². The zero-order chi connectivity index (χ0) is 36.3. The van der Waals surface area contributed by atoms with Crippen molar-refractivity contribution in [1.82, 2.24) is 4.57 Å². The van der Waals surface area contributed by atoms with Crippen LogP contribution in [0.2, 0.25) is 0 Å². The van der Waals surface area contributed by atoms with Gasteiger partial charge in [-0.05, 0) is 118 Å². The molecule has 0 amide bonds. The average Bonchev–Trinajstić information content (AvgIpc) is 3.78. The molecule has 0 saturated carbocycles. The summed E-state index contributed by atoms with van der Waals surface area (Å²) < 4.78 is 4.99. The molecule has 2 heterocycles. The fourth-order valence-corrected chi connectivity index (χ4v) is 9.42. The van der Waals surface area contributed by atoms with Crippen molar-refractivity contribution in [1.29, 1.82) is 0 Å². The first-order valence-electron chi connectivity index (χ1n) is 18.7. The first kappa shape index (κ1) is 31.6. The van der Waals surface area contributed by atoms with Gasteiger partial charge in [-0.15, -0.1) is 11.3 Å². The number of nitrogens with zero attached hydrogens (tertiary/aromatic N) is 2. The first-order chi connectivity index (χ1) is 27.2. The Bertz CT molecular complexity index is 3190. The first-order valence-corrected chi connectivity index (χ1v) is 19.6. The number of hydrogen-bond acceptors (Lipinski definition) is 2. The van der Waals surface area contributed by atoms with Gasteiger partial charge < -0.3 is 9.47 Å². The zero-order valence-corrected chi connectivity index (χ0v) is 30.7. The minimum Gasteiger partial charge on any atom is -0.310 e. The van der Waals surface area contributed by atoms with E-state index in [-0.39, 0.29) is 0 Å². The molecule has 0 fully saturated rings. The summed E-state index contributed by atoms with van der Waals surface area (Å²) >= 11 is 1.87. The number of hydrogen-bond donors (Lipinski definition) is 0. The molecule has 0 aliphatic heterocycles. The fourth-order valence-electron chi connectivity index (χ4n) is 8.30. The van der Waals surface area contributed by atoms with E-state index in [4.69, 9.17) is 0 Å². The second-order valence-corrected chi connectivity index (χ2v) is 15.3. The minimum absolute atomic E-state index is 1.11. The Morgan fingerprint density at radius 1 is 0.327 bits per heavy atom. The number of fused-ring (bicyclic) bond motifs is 7. The summed E-state index contributed by atoms with van der Waals surface area (Å²) in [5.74, 6) is 0. The maximum atomic E-state index is 2.42. The SMILES string of the molecule is c1ccc(-c2cccc(-c3ccc(N(c4ccc5sc6cc7ccccc7cc6c5c4)c4ccc5c(c4)c4ccccc4n5-c4ccccc4)cc3)c2)cc1. The van der Waals surface area contributed by atoms with Gasteiger partial charge in [0.05, 0.1) is 11.0 Å². The summed E-state index contributed by atoms with van der Waals surface area (Å²) in [4.78, 5) is 2.42. The smallest absolute Gasteiger partial charge is 0.0542 e. The van der Waals surface area contributed by atoms with Gasteiger partial charge >= 0.3 is 0 Å². The summed E-state index contributed by atoms with van der Waals surface area (Å²) in [7, 11) is 0. The number of benzene rings is 9. The summed E-state index contributed by atoms with van der Waals surface area (Å²) in [5, 5.41) is 7.59. The van der Waals surface area contributed by atoms with Gasteiger partial charge in [0.15, 0.2) is 0 Å². The van der Waals surface area contributed by atoms with Gasteiger partial charge in [0.25, 0.3) is 0 Å². The standard InChI is InChI=1S/C52H34N2S/c1-3-12-35(13-4-1)37-16-11-17-38(30-37)36-22-24-42(25-23-36)53(44-27-29-51-48(34-44)47-31-39-14-7-8-15-40(39)32-52(47)55-51)43-26-28-50-46(33-43)45-20-9-10-21-49(45)54(50)41-18-5-2-6-19-41/h1-34H. The molecular weight excluding hydrogens is 685 g/mol. The molecule has 0 atom stereocenters. The molecule has 0 saturated heterocycles. The Morgan fingerprint density at radius 3 is 1.67 bits per heavy atom. The van der Waals surface area contributed by atoms with Crippen molar-refractivity contribution in [3.8, 4) is 27.9 Å². The molecule has 3 heteroatoms. The Hall–Kier alpha value is -6.94. The van der Waals surface area contributed by atoms with Crippen LogP contribution in [0.4, 0.5) is 17.1 Å². The van der Waals surface area contributed by atoms with Crippen LogP contribution in [0.15, 0.2) is 206 Å². The van der Waals surface area contributed by atoms with E-state index in [9.17, 15) is 0 Å². The highest BCUT2D eigenvalue weighted by atomic mass is 32.1. The third-order valence-electron chi connectivity index (χ3n) is 10.9. The summed E-state index contributed by atoms with van der Waals surface area (Å²) in [6, 6.07) is 75.2. The van der Waals surface area contributed by atoms with Crippen LogP contribution in [0, 0.1) is 0 Å². The fraction of sp³-hybridized carbons (Fsp3) is 0. The minimum atomic E-state index is 1.11. The largest absolute Gasteiger partial charge is 0.310 e. The number of aromatic nitrogens is 1. The lowest BCUT2D eigenvalue weighted by Gasteiger charge is -2.26. The molecule has 0 unspecified atom stereocenters. The number of anilines is 3. The van der Waals surface area contributed by atoms with Crippen LogP contribution in [0.5, 0.6) is 0 Å². The molecular formula is C52H34N2S. The molecule has 2 aromatic heterocycles. The molecule has 11 aromatic rings. The van der Waals surface area contributed by atoms with E-state index >= 15 is 0 Å². The highest BCUT2D eigenvalue weighted by Gasteiger charge is 2.19. The van der Waals surface area contributed by atoms with Crippen molar-refractivity contribution in [3.63, 3.8) is 0 Å². The lowest BCUT2D eigenvalue weighted by Crippen LogP contribution is -2.09. The molecule has 258 valence electrons. The Labute approximate surface area is 323 Å². The van der Waals surface area contributed by atoms with Gasteiger partial charge in [0, 0.05) is 53.7 Å². The van der Waals surface area contributed by atoms with Gasteiger partial charge in [-0.1, -0.05) is 121 Å². The van der Waals surface area contributed by atoms with Crippen molar-refractivity contribution in [2.45, 2.75) is 0 Å². The zero-order valence-electron chi connectivity index (χ0n) is 29.9. The molecule has 55 heavy (non-hydrogen) atoms. The lowest BCUT2D eigenvalue weighted by atomic mass is 9.99. The number of para-hydroxylation sites is 2. The second-order valence-electron chi connectivity index (χ2n) is 14.2. The molecule has 0 N–H and O–H groups in total. The highest BCUT2D eigenvalue weighted by molar-refractivity contribution is 7.25. The lowest BCUT2D eigenvalue weighted by molar-refractivity contribution is 1.18. The number of thiophene rings is 1. The average molecular weight is 719 g/mol. The van der Waals surface area contributed by atoms with Crippen molar-refractivity contribution < 1.29 is 0 Å². The highest BCUT2D eigenvalue weighted by Crippen LogP contribution is 2.44. The van der Waals surface area contributed by atoms with Gasteiger partial charge in [-0.3, -0.25) is 0 Å². The van der Waals surface area contributed by atoms with Crippen LogP contribution in [-0.2, 0) is 0 Å². The van der Waals surface area contributed by atoms with Crippen LogP contribution in [0.1, 0.15) is 0 Å². The van der Waals surface area contributed by atoms with Crippen molar-refractivity contribution in [2.75, 3.05) is 4.90 Å². The monoisotopic (exact) mass is 718 g/mol.